The van der Waals surface area contributed by atoms with E-state index in [1.54, 1.807) is 14.2 Å². The summed E-state index contributed by atoms with van der Waals surface area (Å²) in [6, 6.07) is 19.9. The largest absolute Gasteiger partial charge is 0.497 e. The Morgan fingerprint density at radius 3 is 2.79 bits per heavy atom. The minimum absolute atomic E-state index is 0.211. The van der Waals surface area contributed by atoms with Crippen LogP contribution < -0.4 is 24.3 Å². The summed E-state index contributed by atoms with van der Waals surface area (Å²) in [7, 11) is 3.32. The number of hydrogen-bond acceptors (Lipinski definition) is 8. The molecule has 6 rings (SSSR count). The first-order valence-electron chi connectivity index (χ1n) is 13.7. The third-order valence-electron chi connectivity index (χ3n) is 7.29. The van der Waals surface area contributed by atoms with Crippen LogP contribution in [0.4, 0.5) is 0 Å². The van der Waals surface area contributed by atoms with Crippen molar-refractivity contribution in [1.29, 1.82) is 0 Å². The van der Waals surface area contributed by atoms with Gasteiger partial charge in [-0.2, -0.15) is 0 Å². The van der Waals surface area contributed by atoms with Crippen LogP contribution >= 0.6 is 11.3 Å². The molecule has 0 spiro atoms. The van der Waals surface area contributed by atoms with E-state index in [-0.39, 0.29) is 12.7 Å². The van der Waals surface area contributed by atoms with Crippen molar-refractivity contribution in [2.75, 3.05) is 27.6 Å². The van der Waals surface area contributed by atoms with E-state index in [2.05, 4.69) is 44.6 Å². The topological polar surface area (TPSA) is 97.9 Å². The van der Waals surface area contributed by atoms with E-state index in [9.17, 15) is 4.79 Å². The number of aromatic nitrogens is 2. The summed E-state index contributed by atoms with van der Waals surface area (Å²) < 4.78 is 21.9. The number of para-hydroxylation sites is 1. The molecule has 3 aromatic carbocycles. The molecule has 0 saturated carbocycles. The van der Waals surface area contributed by atoms with Gasteiger partial charge in [-0.3, -0.25) is 9.69 Å². The van der Waals surface area contributed by atoms with Crippen molar-refractivity contribution in [3.8, 4) is 23.0 Å². The third-order valence-corrected chi connectivity index (χ3v) is 8.13. The zero-order chi connectivity index (χ0) is 28.9. The molecule has 42 heavy (non-hydrogen) atoms. The van der Waals surface area contributed by atoms with Gasteiger partial charge in [0.1, 0.15) is 22.2 Å². The van der Waals surface area contributed by atoms with Crippen LogP contribution in [0.1, 0.15) is 32.2 Å². The van der Waals surface area contributed by atoms with E-state index in [1.807, 2.05) is 47.8 Å². The van der Waals surface area contributed by atoms with E-state index >= 15 is 0 Å². The van der Waals surface area contributed by atoms with Gasteiger partial charge in [0.25, 0.3) is 5.91 Å². The van der Waals surface area contributed by atoms with Crippen molar-refractivity contribution in [1.82, 2.24) is 20.2 Å². The van der Waals surface area contributed by atoms with E-state index in [1.165, 1.54) is 22.3 Å². The minimum Gasteiger partial charge on any atom is -0.497 e. The Kier molecular flexibility index (Phi) is 8.25. The van der Waals surface area contributed by atoms with Gasteiger partial charge >= 0.3 is 0 Å². The maximum Gasteiger partial charge on any atom is 0.271 e. The standard InChI is InChI=1S/C32H32N4O5S/c1-38-24-9-8-23(29(14-24)39-2)17-36(12-11-22-16-33-26-6-4-3-5-25(22)26)18-31-35-27(19-42-31)32(37)34-15-21-7-10-28-30(13-21)41-20-40-28/h3-10,13-14,16,19,33H,11-12,15,17-18,20H2,1-2H3,(H,34,37). The number of aromatic amines is 1. The molecule has 0 fully saturated rings. The van der Waals surface area contributed by atoms with Crippen LogP contribution in [0.2, 0.25) is 0 Å². The molecule has 0 atom stereocenters. The molecule has 1 amide bonds. The third kappa shape index (κ3) is 6.19. The molecule has 2 aromatic heterocycles. The SMILES string of the molecule is COc1ccc(CN(CCc2c[nH]c3ccccc23)Cc2nc(C(=O)NCc3ccc4c(c3)OCO4)cs2)c(OC)c1. The lowest BCUT2D eigenvalue weighted by Crippen LogP contribution is -2.26. The second-order valence-electron chi connectivity index (χ2n) is 9.99. The molecule has 0 saturated heterocycles. The van der Waals surface area contributed by atoms with Gasteiger partial charge in [-0.15, -0.1) is 11.3 Å². The number of nitrogens with one attached hydrogen (secondary N) is 2. The fourth-order valence-corrected chi connectivity index (χ4v) is 5.87. The van der Waals surface area contributed by atoms with Gasteiger partial charge in [-0.05, 0) is 41.8 Å². The molecule has 10 heteroatoms. The minimum atomic E-state index is -0.211. The van der Waals surface area contributed by atoms with E-state index in [0.717, 1.165) is 51.9 Å². The molecule has 5 aromatic rings. The molecule has 1 aliphatic heterocycles. The van der Waals surface area contributed by atoms with Gasteiger partial charge in [0.2, 0.25) is 6.79 Å². The van der Waals surface area contributed by atoms with Gasteiger partial charge in [-0.1, -0.05) is 30.3 Å². The second kappa shape index (κ2) is 12.5. The Labute approximate surface area is 248 Å². The van der Waals surface area contributed by atoms with Crippen LogP contribution in [0.25, 0.3) is 10.9 Å². The molecule has 0 unspecified atom stereocenters. The first-order chi connectivity index (χ1) is 20.6. The van der Waals surface area contributed by atoms with Gasteiger partial charge in [-0.25, -0.2) is 4.98 Å². The normalized spacial score (nSPS) is 12.2. The number of nitrogens with zero attached hydrogens (tertiary/aromatic N) is 2. The maximum absolute atomic E-state index is 12.9. The summed E-state index contributed by atoms with van der Waals surface area (Å²) >= 11 is 1.49. The molecular weight excluding hydrogens is 552 g/mol. The van der Waals surface area contributed by atoms with Crippen molar-refractivity contribution in [2.45, 2.75) is 26.1 Å². The van der Waals surface area contributed by atoms with Crippen molar-refractivity contribution in [3.63, 3.8) is 0 Å². The predicted molar refractivity (Wildman–Crippen MR) is 162 cm³/mol. The molecule has 3 heterocycles. The number of hydrogen-bond donors (Lipinski definition) is 2. The van der Waals surface area contributed by atoms with Gasteiger partial charge < -0.3 is 29.2 Å². The number of carbonyl (C=O) groups is 1. The molecule has 0 bridgehead atoms. The molecule has 1 aliphatic rings. The average molecular weight is 585 g/mol. The van der Waals surface area contributed by atoms with Crippen molar-refractivity contribution in [2.24, 2.45) is 0 Å². The number of amides is 1. The van der Waals surface area contributed by atoms with E-state index in [4.69, 9.17) is 18.9 Å². The Hall–Kier alpha value is -4.54. The highest BCUT2D eigenvalue weighted by Crippen LogP contribution is 2.32. The Bertz CT molecular complexity index is 1700. The lowest BCUT2D eigenvalue weighted by Gasteiger charge is -2.22. The zero-order valence-corrected chi connectivity index (χ0v) is 24.3. The predicted octanol–water partition coefficient (Wildman–Crippen LogP) is 5.55. The number of carbonyl (C=O) groups excluding carboxylic acids is 1. The smallest absolute Gasteiger partial charge is 0.271 e. The summed E-state index contributed by atoms with van der Waals surface area (Å²) in [6.07, 6.45) is 2.94. The molecule has 216 valence electrons. The van der Waals surface area contributed by atoms with Gasteiger partial charge in [0, 0.05) is 53.7 Å². The number of fused-ring (bicyclic) bond motifs is 2. The van der Waals surface area contributed by atoms with Crippen LogP contribution in [0.15, 0.2) is 72.2 Å². The maximum atomic E-state index is 12.9. The van der Waals surface area contributed by atoms with Gasteiger partial charge in [0.15, 0.2) is 11.5 Å². The van der Waals surface area contributed by atoms with E-state index in [0.29, 0.717) is 31.1 Å². The highest BCUT2D eigenvalue weighted by atomic mass is 32.1. The lowest BCUT2D eigenvalue weighted by atomic mass is 10.1. The highest BCUT2D eigenvalue weighted by Gasteiger charge is 2.18. The number of methoxy groups -OCH3 is 2. The number of rotatable bonds is 12. The number of benzene rings is 3. The van der Waals surface area contributed by atoms with Crippen molar-refractivity contribution in [3.05, 3.63) is 99.6 Å². The summed E-state index contributed by atoms with van der Waals surface area (Å²) in [4.78, 5) is 23.3. The Morgan fingerprint density at radius 2 is 1.90 bits per heavy atom. The second-order valence-corrected chi connectivity index (χ2v) is 10.9. The fourth-order valence-electron chi connectivity index (χ4n) is 5.06. The zero-order valence-electron chi connectivity index (χ0n) is 23.5. The molecule has 0 aliphatic carbocycles. The molecule has 9 nitrogen and oxygen atoms in total. The van der Waals surface area contributed by atoms with Crippen molar-refractivity contribution >= 4 is 28.1 Å². The average Bonchev–Trinajstić information content (AvgIpc) is 3.78. The summed E-state index contributed by atoms with van der Waals surface area (Å²) in [6.45, 7) is 2.63. The summed E-state index contributed by atoms with van der Waals surface area (Å²) in [5.41, 5.74) is 4.79. The number of H-pyrrole nitrogens is 1. The van der Waals surface area contributed by atoms with Gasteiger partial charge in [0.05, 0.1) is 20.8 Å². The number of ether oxygens (including phenoxy) is 4. The fraction of sp³-hybridized carbons (Fsp3) is 0.250. The Balaban J connectivity index is 1.15. The van der Waals surface area contributed by atoms with Crippen LogP contribution in [-0.2, 0) is 26.1 Å². The van der Waals surface area contributed by atoms with Crippen LogP contribution in [0.3, 0.4) is 0 Å². The summed E-state index contributed by atoms with van der Waals surface area (Å²) in [5, 5.41) is 6.88. The first-order valence-corrected chi connectivity index (χ1v) is 14.6. The first kappa shape index (κ1) is 27.6. The Morgan fingerprint density at radius 1 is 1.02 bits per heavy atom. The van der Waals surface area contributed by atoms with Crippen molar-refractivity contribution < 1.29 is 23.7 Å². The monoisotopic (exact) mass is 584 g/mol. The molecule has 0 radical (unpaired) electrons. The van der Waals surface area contributed by atoms with Crippen LogP contribution in [-0.4, -0.2) is 48.3 Å². The lowest BCUT2D eigenvalue weighted by molar-refractivity contribution is 0.0946. The van der Waals surface area contributed by atoms with Crippen LogP contribution in [0.5, 0.6) is 23.0 Å². The molecule has 2 N–H and O–H groups in total. The quantitative estimate of drug-likeness (QED) is 0.199. The summed E-state index contributed by atoms with van der Waals surface area (Å²) in [5.74, 6) is 2.72. The van der Waals surface area contributed by atoms with E-state index < -0.39 is 0 Å². The molecular formula is C32H32N4O5S. The van der Waals surface area contributed by atoms with Crippen LogP contribution in [0, 0.1) is 0 Å². The highest BCUT2D eigenvalue weighted by molar-refractivity contribution is 7.09. The number of thiazole rings is 1.